The summed E-state index contributed by atoms with van der Waals surface area (Å²) >= 11 is 0. The van der Waals surface area contributed by atoms with Crippen molar-refractivity contribution in [3.63, 3.8) is 0 Å². The first-order chi connectivity index (χ1) is 6.20. The second kappa shape index (κ2) is 4.03. The Morgan fingerprint density at radius 1 is 1.62 bits per heavy atom. The zero-order chi connectivity index (χ0) is 9.84. The van der Waals surface area contributed by atoms with Crippen LogP contribution < -0.4 is 0 Å². The van der Waals surface area contributed by atoms with E-state index in [-0.39, 0.29) is 11.4 Å². The second-order valence-electron chi connectivity index (χ2n) is 2.75. The van der Waals surface area contributed by atoms with E-state index in [1.54, 1.807) is 13.0 Å². The summed E-state index contributed by atoms with van der Waals surface area (Å²) in [5, 5.41) is 0. The molecule has 0 aromatic heterocycles. The van der Waals surface area contributed by atoms with Gasteiger partial charge in [-0.1, -0.05) is 12.7 Å². The minimum absolute atomic E-state index is 0.131. The average molecular weight is 180 g/mol. The van der Waals surface area contributed by atoms with Gasteiger partial charge in [-0.15, -0.1) is 0 Å². The highest BCUT2D eigenvalue weighted by Crippen LogP contribution is 2.24. The number of ether oxygens (including phenoxy) is 1. The van der Waals surface area contributed by atoms with Crippen LogP contribution in [0.5, 0.6) is 0 Å². The first-order valence-electron chi connectivity index (χ1n) is 4.26. The van der Waals surface area contributed by atoms with Crippen LogP contribution in [0.2, 0.25) is 0 Å². The van der Waals surface area contributed by atoms with Crippen LogP contribution in [-0.2, 0) is 14.3 Å². The van der Waals surface area contributed by atoms with E-state index in [0.29, 0.717) is 25.0 Å². The van der Waals surface area contributed by atoms with E-state index in [1.807, 2.05) is 0 Å². The lowest BCUT2D eigenvalue weighted by atomic mass is 10.1. The summed E-state index contributed by atoms with van der Waals surface area (Å²) in [7, 11) is 0. The third kappa shape index (κ3) is 1.86. The normalized spacial score (nSPS) is 16.2. The minimum atomic E-state index is -0.514. The maximum absolute atomic E-state index is 11.3. The summed E-state index contributed by atoms with van der Waals surface area (Å²) in [6.07, 6.45) is 2.56. The Bertz CT molecular complexity index is 287. The minimum Gasteiger partial charge on any atom is -0.462 e. The molecule has 0 aliphatic heterocycles. The van der Waals surface area contributed by atoms with Gasteiger partial charge in [0, 0.05) is 6.42 Å². The van der Waals surface area contributed by atoms with Crippen LogP contribution in [0.1, 0.15) is 19.8 Å². The van der Waals surface area contributed by atoms with Crippen molar-refractivity contribution in [3.8, 4) is 0 Å². The molecule has 1 aliphatic rings. The molecule has 1 aliphatic carbocycles. The lowest BCUT2D eigenvalue weighted by Gasteiger charge is -2.01. The first-order valence-corrected chi connectivity index (χ1v) is 4.26. The van der Waals surface area contributed by atoms with E-state index in [2.05, 4.69) is 6.58 Å². The van der Waals surface area contributed by atoms with E-state index in [4.69, 9.17) is 4.74 Å². The van der Waals surface area contributed by atoms with Crippen LogP contribution in [0.15, 0.2) is 23.8 Å². The molecule has 3 nitrogen and oxygen atoms in total. The Balaban J connectivity index is 2.91. The molecule has 3 heteroatoms. The first kappa shape index (κ1) is 9.71. The molecular formula is C10H12O3. The highest BCUT2D eigenvalue weighted by molar-refractivity contribution is 6.19. The molecule has 13 heavy (non-hydrogen) atoms. The Morgan fingerprint density at radius 2 is 2.31 bits per heavy atom. The number of carbonyl (C=O) groups is 2. The van der Waals surface area contributed by atoms with Gasteiger partial charge in [-0.3, -0.25) is 4.79 Å². The molecular weight excluding hydrogens is 168 g/mol. The van der Waals surface area contributed by atoms with E-state index < -0.39 is 5.97 Å². The monoisotopic (exact) mass is 180 g/mol. The SMILES string of the molecule is C=CC1=C(C(=O)OCC)C(=O)CC1. The largest absolute Gasteiger partial charge is 0.462 e. The van der Waals surface area contributed by atoms with Crippen molar-refractivity contribution < 1.29 is 14.3 Å². The van der Waals surface area contributed by atoms with Crippen LogP contribution in [0, 0.1) is 0 Å². The van der Waals surface area contributed by atoms with Crippen molar-refractivity contribution in [2.24, 2.45) is 0 Å². The van der Waals surface area contributed by atoms with Crippen molar-refractivity contribution in [3.05, 3.63) is 23.8 Å². The van der Waals surface area contributed by atoms with Gasteiger partial charge in [0.1, 0.15) is 5.57 Å². The number of esters is 1. The lowest BCUT2D eigenvalue weighted by Crippen LogP contribution is -2.13. The smallest absolute Gasteiger partial charge is 0.342 e. The van der Waals surface area contributed by atoms with E-state index in [9.17, 15) is 9.59 Å². The van der Waals surface area contributed by atoms with Gasteiger partial charge in [-0.25, -0.2) is 4.79 Å². The quantitative estimate of drug-likeness (QED) is 0.487. The Labute approximate surface area is 77.1 Å². The van der Waals surface area contributed by atoms with Crippen molar-refractivity contribution in [1.82, 2.24) is 0 Å². The van der Waals surface area contributed by atoms with Gasteiger partial charge in [0.15, 0.2) is 5.78 Å². The molecule has 0 saturated carbocycles. The van der Waals surface area contributed by atoms with Gasteiger partial charge in [0.25, 0.3) is 0 Å². The molecule has 0 radical (unpaired) electrons. The fourth-order valence-corrected chi connectivity index (χ4v) is 1.33. The molecule has 0 aromatic rings. The van der Waals surface area contributed by atoms with Crippen molar-refractivity contribution in [1.29, 1.82) is 0 Å². The molecule has 0 fully saturated rings. The molecule has 0 atom stereocenters. The summed E-state index contributed by atoms with van der Waals surface area (Å²) in [5.74, 6) is -0.645. The molecule has 1 rings (SSSR count). The van der Waals surface area contributed by atoms with Crippen molar-refractivity contribution in [2.45, 2.75) is 19.8 Å². The summed E-state index contributed by atoms with van der Waals surface area (Å²) in [6.45, 7) is 5.56. The molecule has 0 amide bonds. The standard InChI is InChI=1S/C10H12O3/c1-3-7-5-6-8(11)9(7)10(12)13-4-2/h3H,1,4-6H2,2H3. The maximum atomic E-state index is 11.3. The predicted octanol–water partition coefficient (Wildman–Crippen LogP) is 1.40. The summed E-state index contributed by atoms with van der Waals surface area (Å²) in [4.78, 5) is 22.5. The average Bonchev–Trinajstić information content (AvgIpc) is 2.47. The highest BCUT2D eigenvalue weighted by atomic mass is 16.5. The predicted molar refractivity (Wildman–Crippen MR) is 48.1 cm³/mol. The van der Waals surface area contributed by atoms with Gasteiger partial charge in [0.05, 0.1) is 6.61 Å². The molecule has 0 bridgehead atoms. The third-order valence-electron chi connectivity index (χ3n) is 1.95. The van der Waals surface area contributed by atoms with Gasteiger partial charge >= 0.3 is 5.97 Å². The Kier molecular flexibility index (Phi) is 3.01. The van der Waals surface area contributed by atoms with Crippen molar-refractivity contribution >= 4 is 11.8 Å². The summed E-state index contributed by atoms with van der Waals surface area (Å²) in [5.41, 5.74) is 0.903. The Hall–Kier alpha value is -1.38. The molecule has 0 heterocycles. The molecule has 0 saturated heterocycles. The zero-order valence-electron chi connectivity index (χ0n) is 7.63. The Morgan fingerprint density at radius 3 is 2.85 bits per heavy atom. The molecule has 0 spiro atoms. The summed E-state index contributed by atoms with van der Waals surface area (Å²) in [6, 6.07) is 0. The number of hydrogen-bond donors (Lipinski definition) is 0. The maximum Gasteiger partial charge on any atom is 0.342 e. The van der Waals surface area contributed by atoms with Crippen LogP contribution in [0.25, 0.3) is 0 Å². The van der Waals surface area contributed by atoms with Gasteiger partial charge in [-0.05, 0) is 18.9 Å². The highest BCUT2D eigenvalue weighted by Gasteiger charge is 2.27. The topological polar surface area (TPSA) is 43.4 Å². The van der Waals surface area contributed by atoms with Crippen LogP contribution in [0.3, 0.4) is 0 Å². The second-order valence-corrected chi connectivity index (χ2v) is 2.75. The lowest BCUT2D eigenvalue weighted by molar-refractivity contribution is -0.139. The number of Topliss-reactive ketones (excluding diaryl/α,β-unsaturated/α-hetero) is 1. The molecule has 0 N–H and O–H groups in total. The van der Waals surface area contributed by atoms with Crippen molar-refractivity contribution in [2.75, 3.05) is 6.61 Å². The van der Waals surface area contributed by atoms with Gasteiger partial charge in [0.2, 0.25) is 0 Å². The van der Waals surface area contributed by atoms with E-state index in [0.717, 1.165) is 0 Å². The summed E-state index contributed by atoms with van der Waals surface area (Å²) < 4.78 is 4.76. The molecule has 70 valence electrons. The number of hydrogen-bond acceptors (Lipinski definition) is 3. The molecule has 0 aromatic carbocycles. The van der Waals surface area contributed by atoms with Gasteiger partial charge in [-0.2, -0.15) is 0 Å². The van der Waals surface area contributed by atoms with Crippen LogP contribution in [0.4, 0.5) is 0 Å². The van der Waals surface area contributed by atoms with Gasteiger partial charge < -0.3 is 4.74 Å². The van der Waals surface area contributed by atoms with Crippen LogP contribution in [-0.4, -0.2) is 18.4 Å². The zero-order valence-corrected chi connectivity index (χ0v) is 7.63. The van der Waals surface area contributed by atoms with E-state index >= 15 is 0 Å². The van der Waals surface area contributed by atoms with E-state index in [1.165, 1.54) is 0 Å². The third-order valence-corrected chi connectivity index (χ3v) is 1.95. The number of carbonyl (C=O) groups excluding carboxylic acids is 2. The number of rotatable bonds is 3. The number of allylic oxidation sites excluding steroid dienone is 2. The fraction of sp³-hybridized carbons (Fsp3) is 0.400. The fourth-order valence-electron chi connectivity index (χ4n) is 1.33. The number of ketones is 1. The molecule has 0 unspecified atom stereocenters. The van der Waals surface area contributed by atoms with Crippen LogP contribution >= 0.6 is 0 Å².